The molecule has 2 N–H and O–H groups in total. The first-order valence-electron chi connectivity index (χ1n) is 5.68. The number of hydrogen-bond donors (Lipinski definition) is 3. The van der Waals surface area contributed by atoms with Crippen molar-refractivity contribution in [3.05, 3.63) is 0 Å². The zero-order valence-electron chi connectivity index (χ0n) is 11.2. The SMILES string of the molecule is CNC(=O)C(C)CN(C)C(=O)C(CS)NC(C)=O. The molecule has 7 heteroatoms. The van der Waals surface area contributed by atoms with Crippen molar-refractivity contribution >= 4 is 30.4 Å². The van der Waals surface area contributed by atoms with Gasteiger partial charge in [-0.3, -0.25) is 14.4 Å². The van der Waals surface area contributed by atoms with Gasteiger partial charge in [0.2, 0.25) is 17.7 Å². The molecule has 0 aliphatic carbocycles. The van der Waals surface area contributed by atoms with E-state index in [0.717, 1.165) is 0 Å². The van der Waals surface area contributed by atoms with Crippen LogP contribution >= 0.6 is 12.6 Å². The van der Waals surface area contributed by atoms with Crippen molar-refractivity contribution < 1.29 is 14.4 Å². The Hall–Kier alpha value is -1.24. The van der Waals surface area contributed by atoms with Crippen molar-refractivity contribution in [2.24, 2.45) is 5.92 Å². The van der Waals surface area contributed by atoms with Gasteiger partial charge in [-0.2, -0.15) is 12.6 Å². The molecule has 2 unspecified atom stereocenters. The van der Waals surface area contributed by atoms with E-state index in [9.17, 15) is 14.4 Å². The Kier molecular flexibility index (Phi) is 7.42. The van der Waals surface area contributed by atoms with E-state index in [1.807, 2.05) is 0 Å². The quantitative estimate of drug-likeness (QED) is 0.559. The summed E-state index contributed by atoms with van der Waals surface area (Å²) in [4.78, 5) is 35.7. The second-order valence-electron chi connectivity index (χ2n) is 4.17. The number of rotatable bonds is 6. The molecule has 3 amide bonds. The van der Waals surface area contributed by atoms with Gasteiger partial charge in [0.15, 0.2) is 0 Å². The van der Waals surface area contributed by atoms with Gasteiger partial charge >= 0.3 is 0 Å². The molecule has 0 aromatic heterocycles. The van der Waals surface area contributed by atoms with E-state index in [0.29, 0.717) is 6.54 Å². The molecule has 0 rings (SSSR count). The number of hydrogen-bond acceptors (Lipinski definition) is 4. The minimum absolute atomic E-state index is 0.128. The number of amides is 3. The summed E-state index contributed by atoms with van der Waals surface area (Å²) >= 11 is 4.03. The molecule has 2 atom stereocenters. The van der Waals surface area contributed by atoms with Gasteiger partial charge in [0.1, 0.15) is 6.04 Å². The molecule has 0 spiro atoms. The van der Waals surface area contributed by atoms with Crippen LogP contribution in [0.2, 0.25) is 0 Å². The molecular weight excluding hydrogens is 254 g/mol. The summed E-state index contributed by atoms with van der Waals surface area (Å²) in [6.07, 6.45) is 0. The number of likely N-dealkylation sites (N-methyl/N-ethyl adjacent to an activating group) is 1. The highest BCUT2D eigenvalue weighted by molar-refractivity contribution is 7.80. The molecule has 0 saturated carbocycles. The van der Waals surface area contributed by atoms with E-state index in [2.05, 4.69) is 23.3 Å². The van der Waals surface area contributed by atoms with Gasteiger partial charge in [0.25, 0.3) is 0 Å². The maximum atomic E-state index is 12.0. The van der Waals surface area contributed by atoms with Crippen LogP contribution in [0, 0.1) is 5.92 Å². The number of thiol groups is 1. The maximum absolute atomic E-state index is 12.0. The lowest BCUT2D eigenvalue weighted by Gasteiger charge is -2.25. The van der Waals surface area contributed by atoms with Crippen LogP contribution in [0.3, 0.4) is 0 Å². The Balaban J connectivity index is 4.47. The van der Waals surface area contributed by atoms with E-state index in [-0.39, 0.29) is 29.4 Å². The van der Waals surface area contributed by atoms with E-state index in [1.165, 1.54) is 11.8 Å². The Bertz CT molecular complexity index is 323. The molecule has 0 aliphatic heterocycles. The third-order valence-electron chi connectivity index (χ3n) is 2.48. The summed E-state index contributed by atoms with van der Waals surface area (Å²) < 4.78 is 0. The van der Waals surface area contributed by atoms with Crippen molar-refractivity contribution in [2.45, 2.75) is 19.9 Å². The normalized spacial score (nSPS) is 13.4. The molecule has 104 valence electrons. The first-order valence-corrected chi connectivity index (χ1v) is 6.31. The van der Waals surface area contributed by atoms with Crippen LogP contribution < -0.4 is 10.6 Å². The summed E-state index contributed by atoms with van der Waals surface area (Å²) in [5.41, 5.74) is 0. The lowest BCUT2D eigenvalue weighted by atomic mass is 10.1. The van der Waals surface area contributed by atoms with Crippen LogP contribution in [0.15, 0.2) is 0 Å². The van der Waals surface area contributed by atoms with Crippen molar-refractivity contribution in [2.75, 3.05) is 26.4 Å². The molecule has 0 aromatic carbocycles. The van der Waals surface area contributed by atoms with E-state index in [4.69, 9.17) is 0 Å². The van der Waals surface area contributed by atoms with Gasteiger partial charge in [-0.15, -0.1) is 0 Å². The molecule has 18 heavy (non-hydrogen) atoms. The largest absolute Gasteiger partial charge is 0.359 e. The zero-order valence-corrected chi connectivity index (χ0v) is 12.1. The van der Waals surface area contributed by atoms with Gasteiger partial charge in [0.05, 0.1) is 5.92 Å². The fourth-order valence-electron chi connectivity index (χ4n) is 1.53. The molecule has 0 aromatic rings. The minimum atomic E-state index is -0.660. The fourth-order valence-corrected chi connectivity index (χ4v) is 1.77. The second-order valence-corrected chi connectivity index (χ2v) is 4.53. The lowest BCUT2D eigenvalue weighted by Crippen LogP contribution is -2.49. The number of nitrogens with zero attached hydrogens (tertiary/aromatic N) is 1. The highest BCUT2D eigenvalue weighted by Crippen LogP contribution is 2.02. The first-order chi connectivity index (χ1) is 8.33. The Morgan fingerprint density at radius 1 is 1.33 bits per heavy atom. The second kappa shape index (κ2) is 7.97. The predicted molar refractivity (Wildman–Crippen MR) is 72.3 cm³/mol. The number of nitrogens with one attached hydrogen (secondary N) is 2. The van der Waals surface area contributed by atoms with Crippen LogP contribution in [-0.2, 0) is 14.4 Å². The molecule has 0 saturated heterocycles. The van der Waals surface area contributed by atoms with Crippen molar-refractivity contribution in [1.82, 2.24) is 15.5 Å². The van der Waals surface area contributed by atoms with Gasteiger partial charge < -0.3 is 15.5 Å². The third kappa shape index (κ3) is 5.39. The van der Waals surface area contributed by atoms with E-state index < -0.39 is 6.04 Å². The average Bonchev–Trinajstić information content (AvgIpc) is 2.33. The highest BCUT2D eigenvalue weighted by atomic mass is 32.1. The highest BCUT2D eigenvalue weighted by Gasteiger charge is 2.24. The van der Waals surface area contributed by atoms with Crippen molar-refractivity contribution in [3.8, 4) is 0 Å². The van der Waals surface area contributed by atoms with E-state index >= 15 is 0 Å². The summed E-state index contributed by atoms with van der Waals surface area (Å²) in [5, 5.41) is 5.04. The molecule has 6 nitrogen and oxygen atoms in total. The predicted octanol–water partition coefficient (Wildman–Crippen LogP) is -0.739. The van der Waals surface area contributed by atoms with Crippen molar-refractivity contribution in [3.63, 3.8) is 0 Å². The minimum Gasteiger partial charge on any atom is -0.359 e. The summed E-state index contributed by atoms with van der Waals surface area (Å²) in [6.45, 7) is 3.37. The van der Waals surface area contributed by atoms with Gasteiger partial charge in [0, 0.05) is 33.3 Å². The van der Waals surface area contributed by atoms with Crippen LogP contribution in [0.5, 0.6) is 0 Å². The monoisotopic (exact) mass is 275 g/mol. The summed E-state index contributed by atoms with van der Waals surface area (Å²) in [5.74, 6) is -0.749. The van der Waals surface area contributed by atoms with Crippen LogP contribution in [-0.4, -0.2) is 55.1 Å². The smallest absolute Gasteiger partial charge is 0.245 e. The van der Waals surface area contributed by atoms with Crippen molar-refractivity contribution in [1.29, 1.82) is 0 Å². The molecule has 0 aliphatic rings. The van der Waals surface area contributed by atoms with Gasteiger partial charge in [-0.25, -0.2) is 0 Å². The Morgan fingerprint density at radius 2 is 1.89 bits per heavy atom. The summed E-state index contributed by atoms with van der Waals surface area (Å²) in [7, 11) is 3.15. The molecular formula is C11H21N3O3S. The Morgan fingerprint density at radius 3 is 2.28 bits per heavy atom. The maximum Gasteiger partial charge on any atom is 0.245 e. The lowest BCUT2D eigenvalue weighted by molar-refractivity contribution is -0.135. The van der Waals surface area contributed by atoms with Gasteiger partial charge in [-0.05, 0) is 0 Å². The summed E-state index contributed by atoms with van der Waals surface area (Å²) in [6, 6.07) is -0.660. The third-order valence-corrected chi connectivity index (χ3v) is 2.84. The molecule has 0 radical (unpaired) electrons. The van der Waals surface area contributed by atoms with Crippen LogP contribution in [0.4, 0.5) is 0 Å². The zero-order chi connectivity index (χ0) is 14.3. The molecule has 0 heterocycles. The standard InChI is InChI=1S/C11H21N3O3S/c1-7(10(16)12-3)5-14(4)11(17)9(6-18)13-8(2)15/h7,9,18H,5-6H2,1-4H3,(H,12,16)(H,13,15). The fraction of sp³-hybridized carbons (Fsp3) is 0.727. The molecule has 0 fully saturated rings. The number of carbonyl (C=O) groups excluding carboxylic acids is 3. The van der Waals surface area contributed by atoms with E-state index in [1.54, 1.807) is 21.0 Å². The van der Waals surface area contributed by atoms with Gasteiger partial charge in [-0.1, -0.05) is 6.92 Å². The Labute approximate surface area is 113 Å². The average molecular weight is 275 g/mol. The first kappa shape index (κ1) is 16.8. The molecule has 0 bridgehead atoms. The van der Waals surface area contributed by atoms with Crippen LogP contribution in [0.1, 0.15) is 13.8 Å². The number of carbonyl (C=O) groups is 3. The van der Waals surface area contributed by atoms with Crippen LogP contribution in [0.25, 0.3) is 0 Å². The topological polar surface area (TPSA) is 78.5 Å².